The molecule has 0 aliphatic carbocycles. The number of nitrogens with zero attached hydrogens (tertiary/aromatic N) is 1. The topological polar surface area (TPSA) is 95.6 Å². The fourth-order valence-electron chi connectivity index (χ4n) is 2.91. The number of rotatable bonds is 7. The van der Waals surface area contributed by atoms with Crippen molar-refractivity contribution in [3.8, 4) is 0 Å². The molecule has 0 radical (unpaired) electrons. The molecular weight excluding hydrogens is 374 g/mol. The molecule has 0 saturated carbocycles. The van der Waals surface area contributed by atoms with Gasteiger partial charge in [0, 0.05) is 25.7 Å². The van der Waals surface area contributed by atoms with Gasteiger partial charge in [0.15, 0.2) is 0 Å². The van der Waals surface area contributed by atoms with E-state index in [1.54, 1.807) is 21.8 Å². The third-order valence-electron chi connectivity index (χ3n) is 4.27. The molecule has 0 unspecified atom stereocenters. The molecule has 1 fully saturated rings. The number of thiophene rings is 1. The molecule has 2 N–H and O–H groups in total. The highest BCUT2D eigenvalue weighted by molar-refractivity contribution is 7.91. The Kier molecular flexibility index (Phi) is 7.60. The van der Waals surface area contributed by atoms with Gasteiger partial charge in [0.1, 0.15) is 4.21 Å². The number of piperidine rings is 1. The minimum Gasteiger partial charge on any atom is -0.348 e. The summed E-state index contributed by atoms with van der Waals surface area (Å²) in [5, 5.41) is 6.91. The van der Waals surface area contributed by atoms with Crippen LogP contribution in [0.4, 0.5) is 0 Å². The zero-order valence-electron chi connectivity index (χ0n) is 15.2. The second-order valence-corrected chi connectivity index (χ2v) is 9.91. The number of hydrogen-bond donors (Lipinski definition) is 2. The molecule has 1 atom stereocenters. The van der Waals surface area contributed by atoms with Gasteiger partial charge in [-0.1, -0.05) is 26.3 Å². The first-order valence-corrected chi connectivity index (χ1v) is 11.3. The molecular formula is C17H27N3O4S2. The van der Waals surface area contributed by atoms with Crippen molar-refractivity contribution in [3.63, 3.8) is 0 Å². The summed E-state index contributed by atoms with van der Waals surface area (Å²) in [6.07, 6.45) is 3.06. The van der Waals surface area contributed by atoms with Gasteiger partial charge in [-0.15, -0.1) is 11.3 Å². The van der Waals surface area contributed by atoms with Gasteiger partial charge in [0.25, 0.3) is 10.0 Å². The highest BCUT2D eigenvalue weighted by Gasteiger charge is 2.33. The Hall–Kier alpha value is -1.45. The number of carbonyl (C=O) groups excluding carboxylic acids is 2. The first-order valence-electron chi connectivity index (χ1n) is 8.93. The normalized spacial score (nSPS) is 18.7. The molecule has 1 aliphatic heterocycles. The summed E-state index contributed by atoms with van der Waals surface area (Å²) in [6, 6.07) is 3.19. The van der Waals surface area contributed by atoms with Crippen molar-refractivity contribution in [3.05, 3.63) is 17.5 Å². The maximum Gasteiger partial charge on any atom is 0.309 e. The Morgan fingerprint density at radius 2 is 2.00 bits per heavy atom. The van der Waals surface area contributed by atoms with Crippen LogP contribution in [0.25, 0.3) is 0 Å². The van der Waals surface area contributed by atoms with Gasteiger partial charge in [-0.25, -0.2) is 8.42 Å². The van der Waals surface area contributed by atoms with Crippen LogP contribution in [0.5, 0.6) is 0 Å². The first-order chi connectivity index (χ1) is 12.3. The number of nitrogens with one attached hydrogen (secondary N) is 2. The predicted octanol–water partition coefficient (Wildman–Crippen LogP) is 1.57. The fraction of sp³-hybridized carbons (Fsp3) is 0.647. The van der Waals surface area contributed by atoms with Crippen LogP contribution in [0.3, 0.4) is 0 Å². The van der Waals surface area contributed by atoms with Crippen LogP contribution in [0.15, 0.2) is 21.7 Å². The SMILES string of the molecule is CC(C)CNC(=O)C(=O)NCC[C@@H]1CCCCN1S(=O)(=O)c1cccs1. The minimum absolute atomic E-state index is 0.158. The molecule has 7 nitrogen and oxygen atoms in total. The van der Waals surface area contributed by atoms with Gasteiger partial charge in [-0.2, -0.15) is 4.31 Å². The molecule has 146 valence electrons. The highest BCUT2D eigenvalue weighted by Crippen LogP contribution is 2.28. The molecule has 1 aliphatic rings. The lowest BCUT2D eigenvalue weighted by atomic mass is 10.0. The van der Waals surface area contributed by atoms with Crippen molar-refractivity contribution in [2.75, 3.05) is 19.6 Å². The maximum atomic E-state index is 12.8. The summed E-state index contributed by atoms with van der Waals surface area (Å²) >= 11 is 1.21. The lowest BCUT2D eigenvalue weighted by Crippen LogP contribution is -2.46. The first kappa shape index (κ1) is 20.9. The van der Waals surface area contributed by atoms with Gasteiger partial charge in [0.2, 0.25) is 0 Å². The fourth-order valence-corrected chi connectivity index (χ4v) is 5.76. The Bertz CT molecular complexity index is 702. The second-order valence-electron chi connectivity index (χ2n) is 6.85. The Labute approximate surface area is 159 Å². The third-order valence-corrected chi connectivity index (χ3v) is 7.60. The second kappa shape index (κ2) is 9.48. The van der Waals surface area contributed by atoms with E-state index in [4.69, 9.17) is 0 Å². The summed E-state index contributed by atoms with van der Waals surface area (Å²) < 4.78 is 27.5. The maximum absolute atomic E-state index is 12.8. The number of sulfonamides is 1. The number of hydrogen-bond acceptors (Lipinski definition) is 5. The summed E-state index contributed by atoms with van der Waals surface area (Å²) in [5.74, 6) is -1.05. The third kappa shape index (κ3) is 5.52. The van der Waals surface area contributed by atoms with Crippen LogP contribution < -0.4 is 10.6 Å². The Morgan fingerprint density at radius 1 is 1.27 bits per heavy atom. The molecule has 1 aromatic heterocycles. The van der Waals surface area contributed by atoms with Crippen molar-refractivity contribution < 1.29 is 18.0 Å². The van der Waals surface area contributed by atoms with Gasteiger partial charge >= 0.3 is 11.8 Å². The van der Waals surface area contributed by atoms with E-state index < -0.39 is 21.8 Å². The average molecular weight is 402 g/mol. The van der Waals surface area contributed by atoms with Crippen molar-refractivity contribution >= 4 is 33.2 Å². The molecule has 0 aromatic carbocycles. The minimum atomic E-state index is -3.49. The van der Waals surface area contributed by atoms with Crippen molar-refractivity contribution in [1.82, 2.24) is 14.9 Å². The van der Waals surface area contributed by atoms with E-state index >= 15 is 0 Å². The van der Waals surface area contributed by atoms with Crippen molar-refractivity contribution in [1.29, 1.82) is 0 Å². The van der Waals surface area contributed by atoms with Crippen LogP contribution in [-0.4, -0.2) is 50.2 Å². The predicted molar refractivity (Wildman–Crippen MR) is 101 cm³/mol. The van der Waals surface area contributed by atoms with Gasteiger partial charge in [-0.05, 0) is 36.6 Å². The molecule has 1 aromatic rings. The van der Waals surface area contributed by atoms with Gasteiger partial charge in [0.05, 0.1) is 0 Å². The van der Waals surface area contributed by atoms with E-state index in [0.29, 0.717) is 23.7 Å². The van der Waals surface area contributed by atoms with Crippen LogP contribution in [0.2, 0.25) is 0 Å². The molecule has 26 heavy (non-hydrogen) atoms. The zero-order valence-corrected chi connectivity index (χ0v) is 16.9. The smallest absolute Gasteiger partial charge is 0.309 e. The molecule has 9 heteroatoms. The highest BCUT2D eigenvalue weighted by atomic mass is 32.2. The van der Waals surface area contributed by atoms with Crippen molar-refractivity contribution in [2.24, 2.45) is 5.92 Å². The quantitative estimate of drug-likeness (QED) is 0.678. The molecule has 0 bridgehead atoms. The number of amides is 2. The van der Waals surface area contributed by atoms with Crippen LogP contribution in [0.1, 0.15) is 39.5 Å². The molecule has 1 saturated heterocycles. The summed E-state index contributed by atoms with van der Waals surface area (Å²) in [6.45, 7) is 5.11. The molecule has 2 heterocycles. The van der Waals surface area contributed by atoms with Crippen LogP contribution in [0, 0.1) is 5.92 Å². The van der Waals surface area contributed by atoms with Crippen molar-refractivity contribution in [2.45, 2.75) is 49.8 Å². The van der Waals surface area contributed by atoms with E-state index in [9.17, 15) is 18.0 Å². The Morgan fingerprint density at radius 3 is 2.65 bits per heavy atom. The standard InChI is InChI=1S/C17H27N3O4S2/c1-13(2)12-19-17(22)16(21)18-9-8-14-6-3-4-10-20(14)26(23,24)15-7-5-11-25-15/h5,7,11,13-14H,3-4,6,8-10,12H2,1-2H3,(H,18,21)(H,19,22)/t14-/m0/s1. The largest absolute Gasteiger partial charge is 0.348 e. The summed E-state index contributed by atoms with van der Waals surface area (Å²) in [5.41, 5.74) is 0. The lowest BCUT2D eigenvalue weighted by Gasteiger charge is -2.34. The molecule has 2 rings (SSSR count). The van der Waals surface area contributed by atoms with E-state index in [1.807, 2.05) is 13.8 Å². The average Bonchev–Trinajstić information content (AvgIpc) is 3.15. The van der Waals surface area contributed by atoms with Crippen LogP contribution in [-0.2, 0) is 19.6 Å². The molecule has 2 amide bonds. The van der Waals surface area contributed by atoms with Gasteiger partial charge < -0.3 is 10.6 Å². The zero-order chi connectivity index (χ0) is 19.2. The van der Waals surface area contributed by atoms with E-state index in [1.165, 1.54) is 11.3 Å². The monoisotopic (exact) mass is 401 g/mol. The van der Waals surface area contributed by atoms with Gasteiger partial charge in [-0.3, -0.25) is 9.59 Å². The number of carbonyl (C=O) groups is 2. The summed E-state index contributed by atoms with van der Waals surface area (Å²) in [4.78, 5) is 23.5. The summed E-state index contributed by atoms with van der Waals surface area (Å²) in [7, 11) is -3.49. The molecule has 0 spiro atoms. The Balaban J connectivity index is 1.89. The van der Waals surface area contributed by atoms with E-state index in [2.05, 4.69) is 10.6 Å². The lowest BCUT2D eigenvalue weighted by molar-refractivity contribution is -0.139. The van der Waals surface area contributed by atoms with E-state index in [0.717, 1.165) is 19.3 Å². The van der Waals surface area contributed by atoms with E-state index in [-0.39, 0.29) is 18.5 Å². The van der Waals surface area contributed by atoms with Crippen LogP contribution >= 0.6 is 11.3 Å².